The highest BCUT2D eigenvalue weighted by Crippen LogP contribution is 2.25. The quantitative estimate of drug-likeness (QED) is 0.856. The molecule has 2 aromatic rings. The second kappa shape index (κ2) is 8.01. The molecule has 0 saturated carbocycles. The Morgan fingerprint density at radius 3 is 2.62 bits per heavy atom. The van der Waals surface area contributed by atoms with E-state index >= 15 is 0 Å². The van der Waals surface area contributed by atoms with Crippen molar-refractivity contribution in [3.63, 3.8) is 0 Å². The number of hydrogen-bond acceptors (Lipinski definition) is 4. The Kier molecular flexibility index (Phi) is 5.53. The van der Waals surface area contributed by atoms with Crippen LogP contribution in [-0.2, 0) is 4.79 Å². The van der Waals surface area contributed by atoms with E-state index in [0.29, 0.717) is 24.4 Å². The number of nitrogens with two attached hydrogens (primary N) is 1. The van der Waals surface area contributed by atoms with Crippen molar-refractivity contribution in [3.05, 3.63) is 54.1 Å². The van der Waals surface area contributed by atoms with E-state index in [1.165, 1.54) is 0 Å². The summed E-state index contributed by atoms with van der Waals surface area (Å²) < 4.78 is 5.32. The summed E-state index contributed by atoms with van der Waals surface area (Å²) >= 11 is 0. The van der Waals surface area contributed by atoms with Gasteiger partial charge in [0.15, 0.2) is 6.61 Å². The third kappa shape index (κ3) is 4.40. The van der Waals surface area contributed by atoms with E-state index in [2.05, 4.69) is 0 Å². The lowest BCUT2D eigenvalue weighted by atomic mass is 10.0. The number of ether oxygens (including phenoxy) is 1. The average molecular weight is 354 g/mol. The zero-order valence-electron chi connectivity index (χ0n) is 14.4. The Hall–Kier alpha value is -2.86. The number of piperidine rings is 1. The smallest absolute Gasteiger partial charge is 0.255 e. The fourth-order valence-electron chi connectivity index (χ4n) is 3.05. The molecule has 0 spiro atoms. The van der Waals surface area contributed by atoms with Crippen LogP contribution in [0.15, 0.2) is 48.5 Å². The zero-order valence-corrected chi connectivity index (χ0v) is 14.4. The second-order valence-corrected chi connectivity index (χ2v) is 6.41. The minimum Gasteiger partial charge on any atom is -0.484 e. The molecule has 0 aromatic heterocycles. The molecule has 1 saturated heterocycles. The molecule has 1 aliphatic rings. The van der Waals surface area contributed by atoms with Gasteiger partial charge in [0.1, 0.15) is 5.75 Å². The highest BCUT2D eigenvalue weighted by molar-refractivity contribution is 5.94. The number of nitrogens with zero attached hydrogens (tertiary/aromatic N) is 1. The minimum absolute atomic E-state index is 0.0613. The fourth-order valence-corrected chi connectivity index (χ4v) is 3.05. The first-order valence-corrected chi connectivity index (χ1v) is 8.62. The predicted octanol–water partition coefficient (Wildman–Crippen LogP) is 1.81. The number of amides is 2. The molecule has 1 aliphatic heterocycles. The summed E-state index contributed by atoms with van der Waals surface area (Å²) in [7, 11) is 0. The summed E-state index contributed by atoms with van der Waals surface area (Å²) in [5.74, 6) is -0.0290. The highest BCUT2D eigenvalue weighted by atomic mass is 16.5. The second-order valence-electron chi connectivity index (χ2n) is 6.41. The Morgan fingerprint density at radius 1 is 1.15 bits per heavy atom. The van der Waals surface area contributed by atoms with Crippen molar-refractivity contribution in [3.8, 4) is 16.9 Å². The van der Waals surface area contributed by atoms with Gasteiger partial charge >= 0.3 is 0 Å². The molecule has 2 amide bonds. The first-order chi connectivity index (χ1) is 12.5. The number of aliphatic hydroxyl groups is 1. The van der Waals surface area contributed by atoms with Gasteiger partial charge in [-0.25, -0.2) is 0 Å². The van der Waals surface area contributed by atoms with Gasteiger partial charge < -0.3 is 20.5 Å². The van der Waals surface area contributed by atoms with E-state index in [-0.39, 0.29) is 12.5 Å². The number of hydrogen-bond donors (Lipinski definition) is 2. The summed E-state index contributed by atoms with van der Waals surface area (Å²) in [4.78, 5) is 25.1. The molecular weight excluding hydrogens is 332 g/mol. The number of likely N-dealkylation sites (tertiary alicyclic amines) is 1. The van der Waals surface area contributed by atoms with Crippen LogP contribution in [0.5, 0.6) is 5.75 Å². The maximum Gasteiger partial charge on any atom is 0.255 e. The summed E-state index contributed by atoms with van der Waals surface area (Å²) in [5.41, 5.74) is 7.54. The molecule has 6 heteroatoms. The monoisotopic (exact) mass is 354 g/mol. The summed E-state index contributed by atoms with van der Waals surface area (Å²) in [6, 6.07) is 14.7. The van der Waals surface area contributed by atoms with Crippen molar-refractivity contribution in [2.45, 2.75) is 18.9 Å². The van der Waals surface area contributed by atoms with Gasteiger partial charge in [-0.2, -0.15) is 0 Å². The number of rotatable bonds is 5. The third-order valence-electron chi connectivity index (χ3n) is 4.36. The van der Waals surface area contributed by atoms with Crippen LogP contribution >= 0.6 is 0 Å². The van der Waals surface area contributed by atoms with Gasteiger partial charge in [0.2, 0.25) is 0 Å². The summed E-state index contributed by atoms with van der Waals surface area (Å²) in [5, 5.41) is 9.74. The van der Waals surface area contributed by atoms with E-state index in [9.17, 15) is 14.7 Å². The van der Waals surface area contributed by atoms with Crippen molar-refractivity contribution < 1.29 is 19.4 Å². The van der Waals surface area contributed by atoms with Gasteiger partial charge in [0.25, 0.3) is 11.8 Å². The van der Waals surface area contributed by atoms with Crippen molar-refractivity contribution in [1.82, 2.24) is 4.90 Å². The lowest BCUT2D eigenvalue weighted by Crippen LogP contribution is -2.42. The molecule has 3 N–H and O–H groups in total. The van der Waals surface area contributed by atoms with Gasteiger partial charge in [-0.05, 0) is 48.2 Å². The van der Waals surface area contributed by atoms with Crippen molar-refractivity contribution >= 4 is 11.8 Å². The van der Waals surface area contributed by atoms with Crippen LogP contribution in [-0.4, -0.2) is 47.6 Å². The van der Waals surface area contributed by atoms with Crippen molar-refractivity contribution in [2.24, 2.45) is 5.73 Å². The Bertz CT molecular complexity index is 789. The molecule has 3 rings (SSSR count). The standard InChI is InChI=1S/C20H22N2O4/c21-19(24)13-26-18-5-1-3-16(11-18)14-6-8-15(9-7-14)20(25)22-10-2-4-17(23)12-22/h1,3,5-9,11,17,23H,2,4,10,12-13H2,(H2,21,24)/t17-/m0/s1. The largest absolute Gasteiger partial charge is 0.484 e. The first-order valence-electron chi connectivity index (χ1n) is 8.62. The summed E-state index contributed by atoms with van der Waals surface area (Å²) in [6.45, 7) is 0.898. The number of benzene rings is 2. The maximum absolute atomic E-state index is 12.5. The van der Waals surface area contributed by atoms with Gasteiger partial charge in [-0.1, -0.05) is 24.3 Å². The van der Waals surface area contributed by atoms with E-state index < -0.39 is 12.0 Å². The van der Waals surface area contributed by atoms with Gasteiger partial charge in [0, 0.05) is 18.7 Å². The van der Waals surface area contributed by atoms with Crippen LogP contribution in [0.1, 0.15) is 23.2 Å². The van der Waals surface area contributed by atoms with Crippen LogP contribution in [0.3, 0.4) is 0 Å². The lowest BCUT2D eigenvalue weighted by molar-refractivity contribution is -0.119. The van der Waals surface area contributed by atoms with Crippen LogP contribution in [0.2, 0.25) is 0 Å². The molecular formula is C20H22N2O4. The van der Waals surface area contributed by atoms with Gasteiger partial charge in [-0.3, -0.25) is 9.59 Å². The molecule has 1 fully saturated rings. The molecule has 6 nitrogen and oxygen atoms in total. The van der Waals surface area contributed by atoms with Gasteiger partial charge in [0.05, 0.1) is 6.10 Å². The average Bonchev–Trinajstić information content (AvgIpc) is 2.66. The molecule has 136 valence electrons. The normalized spacial score (nSPS) is 17.0. The molecule has 2 aromatic carbocycles. The van der Waals surface area contributed by atoms with Crippen LogP contribution in [0.4, 0.5) is 0 Å². The van der Waals surface area contributed by atoms with E-state index in [0.717, 1.165) is 24.0 Å². The van der Waals surface area contributed by atoms with E-state index in [4.69, 9.17) is 10.5 Å². The van der Waals surface area contributed by atoms with Crippen molar-refractivity contribution in [2.75, 3.05) is 19.7 Å². The Morgan fingerprint density at radius 2 is 1.92 bits per heavy atom. The molecule has 1 heterocycles. The van der Waals surface area contributed by atoms with Crippen LogP contribution < -0.4 is 10.5 Å². The molecule has 1 atom stereocenters. The highest BCUT2D eigenvalue weighted by Gasteiger charge is 2.22. The van der Waals surface area contributed by atoms with Crippen LogP contribution in [0.25, 0.3) is 11.1 Å². The van der Waals surface area contributed by atoms with Crippen molar-refractivity contribution in [1.29, 1.82) is 0 Å². The molecule has 0 radical (unpaired) electrons. The predicted molar refractivity (Wildman–Crippen MR) is 97.7 cm³/mol. The maximum atomic E-state index is 12.5. The number of carbonyl (C=O) groups excluding carboxylic acids is 2. The molecule has 0 aliphatic carbocycles. The zero-order chi connectivity index (χ0) is 18.5. The van der Waals surface area contributed by atoms with E-state index in [1.807, 2.05) is 30.3 Å². The molecule has 0 unspecified atom stereocenters. The lowest BCUT2D eigenvalue weighted by Gasteiger charge is -2.30. The SMILES string of the molecule is NC(=O)COc1cccc(-c2ccc(C(=O)N3CCC[C@H](O)C3)cc2)c1. The van der Waals surface area contributed by atoms with E-state index in [1.54, 1.807) is 23.1 Å². The van der Waals surface area contributed by atoms with Gasteiger partial charge in [-0.15, -0.1) is 0 Å². The third-order valence-corrected chi connectivity index (χ3v) is 4.36. The number of primary amides is 1. The topological polar surface area (TPSA) is 92.9 Å². The molecule has 26 heavy (non-hydrogen) atoms. The number of β-amino-alcohol motifs (C(OH)–C–C–N with tert-alkyl or cyclic N) is 1. The fraction of sp³-hybridized carbons (Fsp3) is 0.300. The Labute approximate surface area is 152 Å². The summed E-state index contributed by atoms with van der Waals surface area (Å²) in [6.07, 6.45) is 1.13. The first kappa shape index (κ1) is 17.9. The number of aliphatic hydroxyl groups excluding tert-OH is 1. The Balaban J connectivity index is 1.72. The molecule has 0 bridgehead atoms. The number of carbonyl (C=O) groups is 2. The van der Waals surface area contributed by atoms with Crippen LogP contribution in [0, 0.1) is 0 Å². The minimum atomic E-state index is -0.527.